The monoisotopic (exact) mass is 150 g/mol. The van der Waals surface area contributed by atoms with Crippen LogP contribution >= 0.6 is 0 Å². The first-order valence-corrected chi connectivity index (χ1v) is 4.60. The fourth-order valence-electron chi connectivity index (χ4n) is 1.88. The Kier molecular flexibility index (Phi) is 2.92. The molecule has 0 bridgehead atoms. The Bertz CT molecular complexity index is 164. The van der Waals surface area contributed by atoms with E-state index in [2.05, 4.69) is 20.4 Å². The SMILES string of the molecule is C=CC(=C1CCCC1)C(C)C. The van der Waals surface area contributed by atoms with E-state index >= 15 is 0 Å². The van der Waals surface area contributed by atoms with Crippen molar-refractivity contribution in [2.75, 3.05) is 0 Å². The molecule has 1 rings (SSSR count). The van der Waals surface area contributed by atoms with Gasteiger partial charge in [-0.2, -0.15) is 0 Å². The van der Waals surface area contributed by atoms with Gasteiger partial charge in [-0.15, -0.1) is 0 Å². The minimum absolute atomic E-state index is 0.667. The summed E-state index contributed by atoms with van der Waals surface area (Å²) < 4.78 is 0. The molecule has 62 valence electrons. The van der Waals surface area contributed by atoms with Gasteiger partial charge in [0.1, 0.15) is 0 Å². The Balaban J connectivity index is 2.78. The van der Waals surface area contributed by atoms with Gasteiger partial charge in [0.25, 0.3) is 0 Å². The van der Waals surface area contributed by atoms with Crippen LogP contribution in [0.1, 0.15) is 39.5 Å². The van der Waals surface area contributed by atoms with Gasteiger partial charge in [0, 0.05) is 0 Å². The van der Waals surface area contributed by atoms with E-state index in [1.54, 1.807) is 5.57 Å². The van der Waals surface area contributed by atoms with Crippen LogP contribution in [-0.2, 0) is 0 Å². The number of hydrogen-bond acceptors (Lipinski definition) is 0. The number of rotatable bonds is 2. The summed E-state index contributed by atoms with van der Waals surface area (Å²) in [6.07, 6.45) is 7.46. The summed E-state index contributed by atoms with van der Waals surface area (Å²) in [7, 11) is 0. The third kappa shape index (κ3) is 1.95. The zero-order valence-corrected chi connectivity index (χ0v) is 7.69. The van der Waals surface area contributed by atoms with E-state index in [1.165, 1.54) is 31.3 Å². The molecule has 1 saturated carbocycles. The van der Waals surface area contributed by atoms with Crippen molar-refractivity contribution in [1.29, 1.82) is 0 Å². The normalized spacial score (nSPS) is 17.5. The molecule has 0 spiro atoms. The highest BCUT2D eigenvalue weighted by molar-refractivity contribution is 5.27. The maximum atomic E-state index is 3.87. The molecule has 0 heterocycles. The van der Waals surface area contributed by atoms with E-state index in [0.717, 1.165) is 0 Å². The molecular formula is C11H18. The van der Waals surface area contributed by atoms with Gasteiger partial charge in [-0.3, -0.25) is 0 Å². The molecule has 0 aliphatic heterocycles. The van der Waals surface area contributed by atoms with Crippen molar-refractivity contribution >= 4 is 0 Å². The Morgan fingerprint density at radius 3 is 2.27 bits per heavy atom. The molecule has 0 atom stereocenters. The van der Waals surface area contributed by atoms with Crippen LogP contribution in [0.2, 0.25) is 0 Å². The largest absolute Gasteiger partial charge is 0.0988 e. The van der Waals surface area contributed by atoms with Gasteiger partial charge in [-0.25, -0.2) is 0 Å². The van der Waals surface area contributed by atoms with Crippen molar-refractivity contribution in [2.24, 2.45) is 5.92 Å². The molecule has 0 nitrogen and oxygen atoms in total. The van der Waals surface area contributed by atoms with Crippen molar-refractivity contribution in [1.82, 2.24) is 0 Å². The highest BCUT2D eigenvalue weighted by Crippen LogP contribution is 2.30. The van der Waals surface area contributed by atoms with E-state index in [9.17, 15) is 0 Å². The summed E-state index contributed by atoms with van der Waals surface area (Å²) >= 11 is 0. The smallest absolute Gasteiger partial charge is 0.0219 e. The lowest BCUT2D eigenvalue weighted by Crippen LogP contribution is -1.93. The Morgan fingerprint density at radius 1 is 1.36 bits per heavy atom. The van der Waals surface area contributed by atoms with E-state index < -0.39 is 0 Å². The van der Waals surface area contributed by atoms with Crippen molar-refractivity contribution in [3.63, 3.8) is 0 Å². The lowest BCUT2D eigenvalue weighted by atomic mass is 9.96. The lowest BCUT2D eigenvalue weighted by molar-refractivity contribution is 0.771. The summed E-state index contributed by atoms with van der Waals surface area (Å²) in [5.41, 5.74) is 3.16. The molecule has 0 N–H and O–H groups in total. The third-order valence-corrected chi connectivity index (χ3v) is 2.46. The first kappa shape index (κ1) is 8.58. The zero-order chi connectivity index (χ0) is 8.27. The van der Waals surface area contributed by atoms with Crippen LogP contribution in [0.5, 0.6) is 0 Å². The van der Waals surface area contributed by atoms with Crippen molar-refractivity contribution in [3.05, 3.63) is 23.8 Å². The van der Waals surface area contributed by atoms with Gasteiger partial charge >= 0.3 is 0 Å². The average Bonchev–Trinajstić information content (AvgIpc) is 2.40. The van der Waals surface area contributed by atoms with Gasteiger partial charge in [-0.1, -0.05) is 32.1 Å². The molecule has 0 aromatic carbocycles. The van der Waals surface area contributed by atoms with Crippen molar-refractivity contribution < 1.29 is 0 Å². The maximum Gasteiger partial charge on any atom is -0.0219 e. The first-order valence-electron chi connectivity index (χ1n) is 4.60. The molecule has 1 fully saturated rings. The number of allylic oxidation sites excluding steroid dienone is 3. The summed E-state index contributed by atoms with van der Waals surface area (Å²) in [6.45, 7) is 8.37. The van der Waals surface area contributed by atoms with Crippen molar-refractivity contribution in [3.8, 4) is 0 Å². The summed E-state index contributed by atoms with van der Waals surface area (Å²) in [5, 5.41) is 0. The van der Waals surface area contributed by atoms with Crippen LogP contribution in [0.25, 0.3) is 0 Å². The van der Waals surface area contributed by atoms with Gasteiger partial charge in [-0.05, 0) is 37.2 Å². The Morgan fingerprint density at radius 2 is 1.91 bits per heavy atom. The molecule has 11 heavy (non-hydrogen) atoms. The van der Waals surface area contributed by atoms with Gasteiger partial charge in [0.05, 0.1) is 0 Å². The quantitative estimate of drug-likeness (QED) is 0.563. The van der Waals surface area contributed by atoms with Crippen LogP contribution in [0.15, 0.2) is 23.8 Å². The highest BCUT2D eigenvalue weighted by Gasteiger charge is 2.12. The molecule has 0 heteroatoms. The maximum absolute atomic E-state index is 3.87. The summed E-state index contributed by atoms with van der Waals surface area (Å²) in [5.74, 6) is 0.667. The lowest BCUT2D eigenvalue weighted by Gasteiger charge is -2.09. The molecule has 0 aromatic rings. The second-order valence-electron chi connectivity index (χ2n) is 3.62. The molecule has 0 saturated heterocycles. The molecular weight excluding hydrogens is 132 g/mol. The van der Waals surface area contributed by atoms with E-state index in [0.29, 0.717) is 5.92 Å². The molecule has 0 aromatic heterocycles. The Labute approximate surface area is 70.0 Å². The molecule has 0 amide bonds. The third-order valence-electron chi connectivity index (χ3n) is 2.46. The van der Waals surface area contributed by atoms with Crippen LogP contribution in [0, 0.1) is 5.92 Å². The Hall–Kier alpha value is -0.520. The molecule has 0 radical (unpaired) electrons. The van der Waals surface area contributed by atoms with Gasteiger partial charge in [0.2, 0.25) is 0 Å². The standard InChI is InChI=1S/C11H18/c1-4-11(9(2)3)10-7-5-6-8-10/h4,9H,1,5-8H2,2-3H3. The van der Waals surface area contributed by atoms with Gasteiger partial charge < -0.3 is 0 Å². The topological polar surface area (TPSA) is 0 Å². The predicted molar refractivity (Wildman–Crippen MR) is 50.5 cm³/mol. The van der Waals surface area contributed by atoms with Crippen LogP contribution in [-0.4, -0.2) is 0 Å². The minimum Gasteiger partial charge on any atom is -0.0988 e. The second kappa shape index (κ2) is 3.75. The van der Waals surface area contributed by atoms with E-state index in [4.69, 9.17) is 0 Å². The van der Waals surface area contributed by atoms with E-state index in [-0.39, 0.29) is 0 Å². The fourth-order valence-corrected chi connectivity index (χ4v) is 1.88. The minimum atomic E-state index is 0.667. The predicted octanol–water partition coefficient (Wildman–Crippen LogP) is 3.70. The fraction of sp³-hybridized carbons (Fsp3) is 0.636. The first-order chi connectivity index (χ1) is 5.25. The van der Waals surface area contributed by atoms with E-state index in [1.807, 2.05) is 6.08 Å². The van der Waals surface area contributed by atoms with Crippen LogP contribution in [0.4, 0.5) is 0 Å². The van der Waals surface area contributed by atoms with Crippen molar-refractivity contribution in [2.45, 2.75) is 39.5 Å². The second-order valence-corrected chi connectivity index (χ2v) is 3.62. The highest BCUT2D eigenvalue weighted by atomic mass is 14.2. The summed E-state index contributed by atoms with van der Waals surface area (Å²) in [4.78, 5) is 0. The molecule has 1 aliphatic rings. The van der Waals surface area contributed by atoms with Gasteiger partial charge in [0.15, 0.2) is 0 Å². The molecule has 0 unspecified atom stereocenters. The van der Waals surface area contributed by atoms with Crippen LogP contribution < -0.4 is 0 Å². The number of hydrogen-bond donors (Lipinski definition) is 0. The van der Waals surface area contributed by atoms with Crippen LogP contribution in [0.3, 0.4) is 0 Å². The summed E-state index contributed by atoms with van der Waals surface area (Å²) in [6, 6.07) is 0. The zero-order valence-electron chi connectivity index (χ0n) is 7.69. The average molecular weight is 150 g/mol. The molecule has 1 aliphatic carbocycles.